The maximum atomic E-state index is 6.09. The van der Waals surface area contributed by atoms with Gasteiger partial charge in [-0.15, -0.1) is 0 Å². The van der Waals surface area contributed by atoms with Crippen molar-refractivity contribution in [2.45, 2.75) is 18.9 Å². The van der Waals surface area contributed by atoms with Crippen LogP contribution in [0.3, 0.4) is 0 Å². The second kappa shape index (κ2) is 5.17. The van der Waals surface area contributed by atoms with Crippen LogP contribution in [0.2, 0.25) is 0 Å². The van der Waals surface area contributed by atoms with E-state index in [9.17, 15) is 0 Å². The van der Waals surface area contributed by atoms with Crippen molar-refractivity contribution in [3.05, 3.63) is 47.0 Å². The highest BCUT2D eigenvalue weighted by atomic mass is 79.9. The Bertz CT molecular complexity index is 553. The van der Waals surface area contributed by atoms with Crippen molar-refractivity contribution in [3.8, 4) is 0 Å². The summed E-state index contributed by atoms with van der Waals surface area (Å²) in [5.74, 6) is 0. The lowest BCUT2D eigenvalue weighted by Gasteiger charge is -2.28. The number of rotatable bonds is 2. The molecule has 1 aliphatic heterocycles. The molecule has 2 N–H and O–H groups in total. The molecule has 2 aromatic rings. The van der Waals surface area contributed by atoms with E-state index in [1.165, 1.54) is 5.56 Å². The first-order valence-electron chi connectivity index (χ1n) is 6.33. The third-order valence-electron chi connectivity index (χ3n) is 3.51. The molecular formula is C14H15BrN4. The topological polar surface area (TPSA) is 55.0 Å². The lowest BCUT2D eigenvalue weighted by molar-refractivity contribution is 0.715. The largest absolute Gasteiger partial charge is 0.396 e. The van der Waals surface area contributed by atoms with Gasteiger partial charge >= 0.3 is 0 Å². The van der Waals surface area contributed by atoms with Crippen LogP contribution in [-0.2, 0) is 0 Å². The van der Waals surface area contributed by atoms with Gasteiger partial charge in [0.15, 0.2) is 0 Å². The Morgan fingerprint density at radius 1 is 1.26 bits per heavy atom. The molecule has 3 heterocycles. The summed E-state index contributed by atoms with van der Waals surface area (Å²) in [5.41, 5.74) is 9.09. The molecule has 0 spiro atoms. The normalized spacial score (nSPS) is 18.8. The fraction of sp³-hybridized carbons (Fsp3) is 0.286. The molecule has 98 valence electrons. The molecule has 0 amide bonds. The average Bonchev–Trinajstić information content (AvgIpc) is 2.89. The van der Waals surface area contributed by atoms with Crippen LogP contribution in [0, 0.1) is 0 Å². The molecule has 0 saturated carbocycles. The zero-order valence-corrected chi connectivity index (χ0v) is 12.0. The number of nitrogen functional groups attached to an aromatic ring is 1. The van der Waals surface area contributed by atoms with E-state index < -0.39 is 0 Å². The highest BCUT2D eigenvalue weighted by molar-refractivity contribution is 9.10. The van der Waals surface area contributed by atoms with Crippen molar-refractivity contribution < 1.29 is 0 Å². The van der Waals surface area contributed by atoms with Gasteiger partial charge in [0.05, 0.1) is 28.1 Å². The summed E-state index contributed by atoms with van der Waals surface area (Å²) < 4.78 is 0.947. The number of hydrogen-bond donors (Lipinski definition) is 1. The summed E-state index contributed by atoms with van der Waals surface area (Å²) in [7, 11) is 0. The molecular weight excluding hydrogens is 304 g/mol. The number of halogens is 1. The zero-order valence-electron chi connectivity index (χ0n) is 10.5. The molecule has 5 heteroatoms. The maximum Gasteiger partial charge on any atom is 0.0781 e. The predicted octanol–water partition coefficient (Wildman–Crippen LogP) is 3.16. The van der Waals surface area contributed by atoms with Gasteiger partial charge in [0.2, 0.25) is 0 Å². The molecule has 1 fully saturated rings. The third-order valence-corrected chi connectivity index (χ3v) is 4.09. The smallest absolute Gasteiger partial charge is 0.0781 e. The molecule has 1 aliphatic rings. The van der Waals surface area contributed by atoms with Crippen molar-refractivity contribution in [1.29, 1.82) is 0 Å². The number of hydrogen-bond acceptors (Lipinski definition) is 4. The van der Waals surface area contributed by atoms with Gasteiger partial charge in [-0.05, 0) is 40.4 Å². The summed E-state index contributed by atoms with van der Waals surface area (Å²) >= 11 is 3.56. The van der Waals surface area contributed by atoms with Gasteiger partial charge in [-0.2, -0.15) is 0 Å². The van der Waals surface area contributed by atoms with Gasteiger partial charge in [0, 0.05) is 25.1 Å². The van der Waals surface area contributed by atoms with Crippen molar-refractivity contribution in [3.63, 3.8) is 0 Å². The highest BCUT2D eigenvalue weighted by Crippen LogP contribution is 2.41. The number of pyridine rings is 2. The third kappa shape index (κ3) is 2.30. The lowest BCUT2D eigenvalue weighted by Crippen LogP contribution is -2.24. The Balaban J connectivity index is 2.00. The van der Waals surface area contributed by atoms with Crippen molar-refractivity contribution >= 4 is 27.3 Å². The van der Waals surface area contributed by atoms with Crippen LogP contribution in [0.1, 0.15) is 24.4 Å². The predicted molar refractivity (Wildman–Crippen MR) is 79.9 cm³/mol. The maximum absolute atomic E-state index is 6.09. The molecule has 4 nitrogen and oxygen atoms in total. The number of anilines is 2. The molecule has 0 aliphatic carbocycles. The summed E-state index contributed by atoms with van der Waals surface area (Å²) in [5, 5.41) is 0. The van der Waals surface area contributed by atoms with E-state index in [1.54, 1.807) is 18.6 Å². The van der Waals surface area contributed by atoms with Crippen LogP contribution >= 0.6 is 15.9 Å². The lowest BCUT2D eigenvalue weighted by atomic mass is 10.1. The Labute approximate surface area is 120 Å². The molecule has 1 unspecified atom stereocenters. The summed E-state index contributed by atoms with van der Waals surface area (Å²) in [4.78, 5) is 10.7. The van der Waals surface area contributed by atoms with Gasteiger partial charge < -0.3 is 10.6 Å². The van der Waals surface area contributed by atoms with Crippen LogP contribution in [-0.4, -0.2) is 16.5 Å². The minimum absolute atomic E-state index is 0.342. The minimum atomic E-state index is 0.342. The molecule has 1 atom stereocenters. The second-order valence-electron chi connectivity index (χ2n) is 4.70. The first kappa shape index (κ1) is 12.4. The van der Waals surface area contributed by atoms with Crippen LogP contribution < -0.4 is 10.6 Å². The van der Waals surface area contributed by atoms with Gasteiger partial charge in [0.1, 0.15) is 0 Å². The van der Waals surface area contributed by atoms with E-state index >= 15 is 0 Å². The van der Waals surface area contributed by atoms with Gasteiger partial charge in [0.25, 0.3) is 0 Å². The van der Waals surface area contributed by atoms with Gasteiger partial charge in [-0.1, -0.05) is 6.07 Å². The monoisotopic (exact) mass is 318 g/mol. The SMILES string of the molecule is Nc1cncc(Br)c1N1CCCC1c1cccnc1. The first-order valence-corrected chi connectivity index (χ1v) is 7.12. The van der Waals surface area contributed by atoms with E-state index in [0.29, 0.717) is 11.7 Å². The quantitative estimate of drug-likeness (QED) is 0.924. The molecule has 0 radical (unpaired) electrons. The minimum Gasteiger partial charge on any atom is -0.396 e. The summed E-state index contributed by atoms with van der Waals surface area (Å²) in [6, 6.07) is 4.45. The number of nitrogens with zero attached hydrogens (tertiary/aromatic N) is 3. The van der Waals surface area contributed by atoms with E-state index in [-0.39, 0.29) is 0 Å². The molecule has 0 aromatic carbocycles. The van der Waals surface area contributed by atoms with Crippen LogP contribution in [0.5, 0.6) is 0 Å². The van der Waals surface area contributed by atoms with Crippen LogP contribution in [0.25, 0.3) is 0 Å². The van der Waals surface area contributed by atoms with Crippen LogP contribution in [0.15, 0.2) is 41.4 Å². The molecule has 3 rings (SSSR count). The average molecular weight is 319 g/mol. The Hall–Kier alpha value is -1.62. The van der Waals surface area contributed by atoms with Gasteiger partial charge in [-0.25, -0.2) is 0 Å². The standard InChI is InChI=1S/C14H15BrN4/c15-11-8-18-9-12(16)14(11)19-6-2-4-13(19)10-3-1-5-17-7-10/h1,3,5,7-9,13H,2,4,6,16H2. The van der Waals surface area contributed by atoms with E-state index in [2.05, 4.69) is 36.9 Å². The number of nitrogens with two attached hydrogens (primary N) is 1. The number of aromatic nitrogens is 2. The Kier molecular flexibility index (Phi) is 3.38. The van der Waals surface area contributed by atoms with Crippen molar-refractivity contribution in [2.75, 3.05) is 17.2 Å². The second-order valence-corrected chi connectivity index (χ2v) is 5.55. The zero-order chi connectivity index (χ0) is 13.2. The van der Waals surface area contributed by atoms with E-state index in [4.69, 9.17) is 5.73 Å². The van der Waals surface area contributed by atoms with Crippen LogP contribution in [0.4, 0.5) is 11.4 Å². The molecule has 2 aromatic heterocycles. The van der Waals surface area contributed by atoms with E-state index in [1.807, 2.05) is 12.3 Å². The fourth-order valence-corrected chi connectivity index (χ4v) is 3.28. The highest BCUT2D eigenvalue weighted by Gasteiger charge is 2.28. The Morgan fingerprint density at radius 3 is 2.89 bits per heavy atom. The first-order chi connectivity index (χ1) is 9.27. The van der Waals surface area contributed by atoms with Crippen molar-refractivity contribution in [2.24, 2.45) is 0 Å². The fourth-order valence-electron chi connectivity index (χ4n) is 2.70. The molecule has 1 saturated heterocycles. The summed E-state index contributed by atoms with van der Waals surface area (Å²) in [6.45, 7) is 1.01. The van der Waals surface area contributed by atoms with Gasteiger partial charge in [-0.3, -0.25) is 9.97 Å². The summed E-state index contributed by atoms with van der Waals surface area (Å²) in [6.07, 6.45) is 9.53. The molecule has 19 heavy (non-hydrogen) atoms. The molecule has 0 bridgehead atoms. The van der Waals surface area contributed by atoms with E-state index in [0.717, 1.165) is 29.5 Å². The van der Waals surface area contributed by atoms with Crippen molar-refractivity contribution in [1.82, 2.24) is 9.97 Å². The Morgan fingerprint density at radius 2 is 2.16 bits per heavy atom.